The third-order valence-electron chi connectivity index (χ3n) is 6.52. The third-order valence-corrected chi connectivity index (χ3v) is 6.52. The Labute approximate surface area is 170 Å². The van der Waals surface area contributed by atoms with E-state index >= 15 is 0 Å². The molecule has 0 aromatic heterocycles. The number of nitrogens with one attached hydrogen (secondary N) is 2. The molecule has 0 atom stereocenters. The minimum absolute atomic E-state index is 0.0277. The van der Waals surface area contributed by atoms with Gasteiger partial charge in [-0.3, -0.25) is 0 Å². The highest BCUT2D eigenvalue weighted by molar-refractivity contribution is 5.89. The van der Waals surface area contributed by atoms with E-state index in [9.17, 15) is 9.18 Å². The van der Waals surface area contributed by atoms with Gasteiger partial charge in [-0.05, 0) is 73.2 Å². The molecule has 6 heteroatoms. The first-order chi connectivity index (χ1) is 14.2. The van der Waals surface area contributed by atoms with E-state index in [0.29, 0.717) is 6.04 Å². The number of rotatable bonds is 2. The number of hydrogen-bond donors (Lipinski definition) is 2. The topological polar surface area (TPSA) is 47.6 Å². The molecule has 3 aliphatic heterocycles. The summed E-state index contributed by atoms with van der Waals surface area (Å²) in [5.41, 5.74) is 5.77. The van der Waals surface area contributed by atoms with Gasteiger partial charge in [0.05, 0.1) is 0 Å². The molecule has 5 nitrogen and oxygen atoms in total. The van der Waals surface area contributed by atoms with E-state index in [1.807, 2.05) is 17.0 Å². The second-order valence-electron chi connectivity index (χ2n) is 8.28. The van der Waals surface area contributed by atoms with E-state index in [1.54, 1.807) is 12.1 Å². The van der Waals surface area contributed by atoms with Crippen molar-refractivity contribution in [2.45, 2.75) is 38.3 Å². The van der Waals surface area contributed by atoms with E-state index in [0.717, 1.165) is 69.8 Å². The number of piperidine rings is 1. The molecule has 3 heterocycles. The first-order valence-corrected chi connectivity index (χ1v) is 10.6. The summed E-state index contributed by atoms with van der Waals surface area (Å²) in [5, 5.41) is 6.44. The van der Waals surface area contributed by atoms with Crippen molar-refractivity contribution in [2.75, 3.05) is 36.4 Å². The highest BCUT2D eigenvalue weighted by Crippen LogP contribution is 2.33. The zero-order chi connectivity index (χ0) is 19.8. The number of fused-ring (bicyclic) bond motifs is 2. The molecule has 1 fully saturated rings. The average Bonchev–Trinajstić information content (AvgIpc) is 3.17. The van der Waals surface area contributed by atoms with Crippen molar-refractivity contribution in [1.29, 1.82) is 0 Å². The van der Waals surface area contributed by atoms with Crippen LogP contribution < -0.4 is 15.5 Å². The molecule has 3 aliphatic rings. The lowest BCUT2D eigenvalue weighted by atomic mass is 10.0. The molecule has 2 N–H and O–H groups in total. The van der Waals surface area contributed by atoms with Gasteiger partial charge in [-0.15, -0.1) is 0 Å². The summed E-state index contributed by atoms with van der Waals surface area (Å²) >= 11 is 0. The molecule has 2 aromatic rings. The standard InChI is InChI=1S/C23H27FN4O/c24-19-3-1-17-6-12-28(22(17)14-19)21-7-10-27(11-8-21)23(29)26-20-4-2-16-5-9-25-15-18(16)13-20/h1-4,13-14,21,25H,5-12,15H2,(H,26,29). The Balaban J connectivity index is 1.19. The predicted molar refractivity (Wildman–Crippen MR) is 113 cm³/mol. The molecule has 0 bridgehead atoms. The molecular formula is C23H27FN4O. The number of likely N-dealkylation sites (tertiary alicyclic amines) is 1. The monoisotopic (exact) mass is 394 g/mol. The molecular weight excluding hydrogens is 367 g/mol. The van der Waals surface area contributed by atoms with Crippen molar-refractivity contribution in [1.82, 2.24) is 10.2 Å². The molecule has 5 rings (SSSR count). The van der Waals surface area contributed by atoms with E-state index in [-0.39, 0.29) is 11.8 Å². The summed E-state index contributed by atoms with van der Waals surface area (Å²) in [6, 6.07) is 11.7. The fourth-order valence-corrected chi connectivity index (χ4v) is 4.90. The lowest BCUT2D eigenvalue weighted by Crippen LogP contribution is -2.47. The number of hydrogen-bond acceptors (Lipinski definition) is 3. The van der Waals surface area contributed by atoms with Crippen LogP contribution in [-0.2, 0) is 19.4 Å². The zero-order valence-electron chi connectivity index (χ0n) is 16.6. The van der Waals surface area contributed by atoms with E-state index in [1.165, 1.54) is 16.7 Å². The minimum Gasteiger partial charge on any atom is -0.368 e. The van der Waals surface area contributed by atoms with Crippen LogP contribution in [0, 0.1) is 5.82 Å². The van der Waals surface area contributed by atoms with E-state index in [2.05, 4.69) is 27.7 Å². The van der Waals surface area contributed by atoms with Gasteiger partial charge in [0.1, 0.15) is 5.82 Å². The molecule has 0 saturated carbocycles. The number of halogens is 1. The quantitative estimate of drug-likeness (QED) is 0.819. The second-order valence-corrected chi connectivity index (χ2v) is 8.28. The van der Waals surface area contributed by atoms with Gasteiger partial charge >= 0.3 is 6.03 Å². The van der Waals surface area contributed by atoms with Crippen LogP contribution in [-0.4, -0.2) is 43.2 Å². The van der Waals surface area contributed by atoms with Crippen molar-refractivity contribution >= 4 is 17.4 Å². The van der Waals surface area contributed by atoms with Gasteiger partial charge in [0, 0.05) is 43.6 Å². The summed E-state index contributed by atoms with van der Waals surface area (Å²) in [6.07, 6.45) is 3.85. The van der Waals surface area contributed by atoms with Crippen LogP contribution >= 0.6 is 0 Å². The maximum atomic E-state index is 13.7. The first-order valence-electron chi connectivity index (χ1n) is 10.6. The number of benzene rings is 2. The Bertz CT molecular complexity index is 923. The van der Waals surface area contributed by atoms with Gasteiger partial charge in [-0.25, -0.2) is 9.18 Å². The number of nitrogens with zero attached hydrogens (tertiary/aromatic N) is 2. The van der Waals surface area contributed by atoms with Gasteiger partial charge in [0.15, 0.2) is 0 Å². The van der Waals surface area contributed by atoms with Crippen LogP contribution in [0.2, 0.25) is 0 Å². The maximum absolute atomic E-state index is 13.7. The van der Waals surface area contributed by atoms with Crippen molar-refractivity contribution in [3.63, 3.8) is 0 Å². The molecule has 2 aromatic carbocycles. The Morgan fingerprint density at radius 1 is 1.00 bits per heavy atom. The first kappa shape index (κ1) is 18.4. The highest BCUT2D eigenvalue weighted by Gasteiger charge is 2.31. The number of carbonyl (C=O) groups excluding carboxylic acids is 1. The Morgan fingerprint density at radius 3 is 2.69 bits per heavy atom. The van der Waals surface area contributed by atoms with Crippen molar-refractivity contribution in [3.05, 3.63) is 58.9 Å². The Hall–Kier alpha value is -2.60. The van der Waals surface area contributed by atoms with Crippen molar-refractivity contribution < 1.29 is 9.18 Å². The number of anilines is 2. The second kappa shape index (κ2) is 7.67. The Kier molecular flexibility index (Phi) is 4.87. The van der Waals surface area contributed by atoms with Gasteiger partial charge < -0.3 is 20.4 Å². The molecule has 152 valence electrons. The predicted octanol–water partition coefficient (Wildman–Crippen LogP) is 3.53. The number of amides is 2. The average molecular weight is 394 g/mol. The van der Waals surface area contributed by atoms with E-state index < -0.39 is 0 Å². The number of carbonyl (C=O) groups is 1. The molecule has 0 spiro atoms. The van der Waals surface area contributed by atoms with Crippen LogP contribution in [0.4, 0.5) is 20.6 Å². The maximum Gasteiger partial charge on any atom is 0.321 e. The van der Waals surface area contributed by atoms with Crippen molar-refractivity contribution in [3.8, 4) is 0 Å². The van der Waals surface area contributed by atoms with Crippen molar-refractivity contribution in [2.24, 2.45) is 0 Å². The summed E-state index contributed by atoms with van der Waals surface area (Å²) in [4.78, 5) is 17.0. The van der Waals surface area contributed by atoms with Gasteiger partial charge in [0.25, 0.3) is 0 Å². The number of urea groups is 1. The molecule has 0 unspecified atom stereocenters. The normalized spacial score (nSPS) is 19.1. The third kappa shape index (κ3) is 3.69. The molecule has 0 radical (unpaired) electrons. The Morgan fingerprint density at radius 2 is 1.83 bits per heavy atom. The molecule has 1 saturated heterocycles. The fraction of sp³-hybridized carbons (Fsp3) is 0.435. The van der Waals surface area contributed by atoms with Gasteiger partial charge in [-0.2, -0.15) is 0 Å². The van der Waals surface area contributed by atoms with Gasteiger partial charge in [0.2, 0.25) is 0 Å². The molecule has 2 amide bonds. The largest absolute Gasteiger partial charge is 0.368 e. The fourth-order valence-electron chi connectivity index (χ4n) is 4.90. The summed E-state index contributed by atoms with van der Waals surface area (Å²) in [6.45, 7) is 4.28. The molecule has 0 aliphatic carbocycles. The van der Waals surface area contributed by atoms with E-state index in [4.69, 9.17) is 0 Å². The SMILES string of the molecule is O=C(Nc1ccc2c(c1)CNCC2)N1CCC(N2CCc3ccc(F)cc32)CC1. The highest BCUT2D eigenvalue weighted by atomic mass is 19.1. The van der Waals surface area contributed by atoms with Crippen LogP contribution in [0.1, 0.15) is 29.5 Å². The minimum atomic E-state index is -0.173. The van der Waals surface area contributed by atoms with Crippen LogP contribution in [0.25, 0.3) is 0 Å². The van der Waals surface area contributed by atoms with Crippen LogP contribution in [0.5, 0.6) is 0 Å². The lowest BCUT2D eigenvalue weighted by Gasteiger charge is -2.38. The van der Waals surface area contributed by atoms with Gasteiger partial charge in [-0.1, -0.05) is 12.1 Å². The van der Waals surface area contributed by atoms with Crippen LogP contribution in [0.15, 0.2) is 36.4 Å². The zero-order valence-corrected chi connectivity index (χ0v) is 16.6. The smallest absolute Gasteiger partial charge is 0.321 e. The summed E-state index contributed by atoms with van der Waals surface area (Å²) in [5.74, 6) is -0.173. The van der Waals surface area contributed by atoms with Crippen LogP contribution in [0.3, 0.4) is 0 Å². The molecule has 29 heavy (non-hydrogen) atoms. The summed E-state index contributed by atoms with van der Waals surface area (Å²) in [7, 11) is 0. The summed E-state index contributed by atoms with van der Waals surface area (Å²) < 4.78 is 13.7. The lowest BCUT2D eigenvalue weighted by molar-refractivity contribution is 0.193.